The second kappa shape index (κ2) is 4.28. The van der Waals surface area contributed by atoms with E-state index in [0.717, 1.165) is 19.5 Å². The predicted molar refractivity (Wildman–Crippen MR) is 53.0 cm³/mol. The van der Waals surface area contributed by atoms with E-state index in [1.165, 1.54) is 18.2 Å². The third-order valence-electron chi connectivity index (χ3n) is 2.37. The van der Waals surface area contributed by atoms with Gasteiger partial charge in [-0.1, -0.05) is 0 Å². The first-order valence-corrected chi connectivity index (χ1v) is 4.86. The fraction of sp³-hybridized carbons (Fsp3) is 0.364. The van der Waals surface area contributed by atoms with Crippen LogP contribution in [0.15, 0.2) is 18.2 Å². The number of nitriles is 1. The SMILES string of the molecule is N#Cc1cc(F)ccc1OC1CCNC1. The zero-order valence-corrected chi connectivity index (χ0v) is 8.16. The van der Waals surface area contributed by atoms with Gasteiger partial charge in [0.2, 0.25) is 0 Å². The van der Waals surface area contributed by atoms with Gasteiger partial charge in [-0.3, -0.25) is 0 Å². The lowest BCUT2D eigenvalue weighted by Crippen LogP contribution is -2.20. The highest BCUT2D eigenvalue weighted by atomic mass is 19.1. The molecule has 1 aromatic rings. The Labute approximate surface area is 87.5 Å². The molecule has 0 saturated carbocycles. The Morgan fingerprint density at radius 1 is 1.53 bits per heavy atom. The molecule has 15 heavy (non-hydrogen) atoms. The van der Waals surface area contributed by atoms with Crippen LogP contribution < -0.4 is 10.1 Å². The molecule has 1 aliphatic rings. The highest BCUT2D eigenvalue weighted by Crippen LogP contribution is 2.21. The number of halogens is 1. The largest absolute Gasteiger partial charge is 0.488 e. The van der Waals surface area contributed by atoms with Crippen LogP contribution in [0, 0.1) is 17.1 Å². The van der Waals surface area contributed by atoms with Crippen molar-refractivity contribution in [1.29, 1.82) is 5.26 Å². The molecule has 4 heteroatoms. The first kappa shape index (κ1) is 9.94. The average molecular weight is 206 g/mol. The van der Waals surface area contributed by atoms with Crippen molar-refractivity contribution in [3.63, 3.8) is 0 Å². The smallest absolute Gasteiger partial charge is 0.137 e. The van der Waals surface area contributed by atoms with Gasteiger partial charge in [0.15, 0.2) is 0 Å². The average Bonchev–Trinajstić information content (AvgIpc) is 2.73. The van der Waals surface area contributed by atoms with Crippen molar-refractivity contribution < 1.29 is 9.13 Å². The molecule has 3 nitrogen and oxygen atoms in total. The molecule has 1 atom stereocenters. The van der Waals surface area contributed by atoms with E-state index in [1.807, 2.05) is 6.07 Å². The zero-order valence-electron chi connectivity index (χ0n) is 8.16. The molecule has 1 aliphatic heterocycles. The third-order valence-corrected chi connectivity index (χ3v) is 2.37. The highest BCUT2D eigenvalue weighted by Gasteiger charge is 2.17. The highest BCUT2D eigenvalue weighted by molar-refractivity contribution is 5.43. The number of ether oxygens (including phenoxy) is 1. The molecule has 1 unspecified atom stereocenters. The number of rotatable bonds is 2. The molecule has 0 spiro atoms. The van der Waals surface area contributed by atoms with Crippen LogP contribution in [0.5, 0.6) is 5.75 Å². The van der Waals surface area contributed by atoms with Gasteiger partial charge in [-0.05, 0) is 31.2 Å². The maximum Gasteiger partial charge on any atom is 0.137 e. The van der Waals surface area contributed by atoms with Gasteiger partial charge in [0.1, 0.15) is 23.7 Å². The minimum atomic E-state index is -0.413. The van der Waals surface area contributed by atoms with Gasteiger partial charge in [-0.15, -0.1) is 0 Å². The molecular weight excluding hydrogens is 195 g/mol. The molecule has 1 aromatic carbocycles. The molecule has 0 amide bonds. The molecule has 1 N–H and O–H groups in total. The van der Waals surface area contributed by atoms with Gasteiger partial charge < -0.3 is 10.1 Å². The summed E-state index contributed by atoms with van der Waals surface area (Å²) in [6.45, 7) is 1.70. The van der Waals surface area contributed by atoms with Crippen LogP contribution in [-0.2, 0) is 0 Å². The van der Waals surface area contributed by atoms with E-state index >= 15 is 0 Å². The van der Waals surface area contributed by atoms with Crippen molar-refractivity contribution in [3.05, 3.63) is 29.6 Å². The summed E-state index contributed by atoms with van der Waals surface area (Å²) in [6.07, 6.45) is 1.00. The van der Waals surface area contributed by atoms with Gasteiger partial charge in [0, 0.05) is 6.54 Å². The third kappa shape index (κ3) is 2.25. The second-order valence-corrected chi connectivity index (χ2v) is 3.48. The van der Waals surface area contributed by atoms with Gasteiger partial charge in [0.05, 0.1) is 5.56 Å². The van der Waals surface area contributed by atoms with Gasteiger partial charge in [-0.25, -0.2) is 4.39 Å². The standard InChI is InChI=1S/C11H11FN2O/c12-9-1-2-11(8(5-9)6-13)15-10-3-4-14-7-10/h1-2,5,10,14H,3-4,7H2. The molecule has 2 rings (SSSR count). The second-order valence-electron chi connectivity index (χ2n) is 3.48. The Bertz CT molecular complexity index is 394. The van der Waals surface area contributed by atoms with Crippen LogP contribution in [0.2, 0.25) is 0 Å². The summed E-state index contributed by atoms with van der Waals surface area (Å²) in [5.41, 5.74) is 0.252. The Morgan fingerprint density at radius 3 is 3.07 bits per heavy atom. The molecule has 1 heterocycles. The first-order chi connectivity index (χ1) is 7.29. The normalized spacial score (nSPS) is 19.9. The molecule has 78 valence electrons. The monoisotopic (exact) mass is 206 g/mol. The fourth-order valence-corrected chi connectivity index (χ4v) is 1.60. The Morgan fingerprint density at radius 2 is 2.40 bits per heavy atom. The number of benzene rings is 1. The van der Waals surface area contributed by atoms with Crippen molar-refractivity contribution in [2.45, 2.75) is 12.5 Å². The van der Waals surface area contributed by atoms with E-state index in [9.17, 15) is 4.39 Å². The Kier molecular flexibility index (Phi) is 2.84. The lowest BCUT2D eigenvalue weighted by Gasteiger charge is -2.13. The molecular formula is C11H11FN2O. The fourth-order valence-electron chi connectivity index (χ4n) is 1.60. The summed E-state index contributed by atoms with van der Waals surface area (Å²) in [5.74, 6) is 0.0519. The summed E-state index contributed by atoms with van der Waals surface area (Å²) in [5, 5.41) is 12.0. The summed E-state index contributed by atoms with van der Waals surface area (Å²) >= 11 is 0. The van der Waals surface area contributed by atoms with Gasteiger partial charge in [-0.2, -0.15) is 5.26 Å². The number of hydrogen-bond donors (Lipinski definition) is 1. The van der Waals surface area contributed by atoms with Crippen LogP contribution in [-0.4, -0.2) is 19.2 Å². The maximum absolute atomic E-state index is 12.8. The van der Waals surface area contributed by atoms with Crippen LogP contribution in [0.1, 0.15) is 12.0 Å². The van der Waals surface area contributed by atoms with Crippen LogP contribution in [0.4, 0.5) is 4.39 Å². The summed E-state index contributed by atoms with van der Waals surface area (Å²) in [6, 6.07) is 5.93. The number of hydrogen-bond acceptors (Lipinski definition) is 3. The Balaban J connectivity index is 2.16. The van der Waals surface area contributed by atoms with E-state index in [1.54, 1.807) is 0 Å². The molecule has 1 saturated heterocycles. The van der Waals surface area contributed by atoms with Gasteiger partial charge in [0.25, 0.3) is 0 Å². The molecule has 0 radical (unpaired) electrons. The van der Waals surface area contributed by atoms with Crippen LogP contribution in [0.3, 0.4) is 0 Å². The quantitative estimate of drug-likeness (QED) is 0.796. The van der Waals surface area contributed by atoms with Gasteiger partial charge >= 0.3 is 0 Å². The van der Waals surface area contributed by atoms with Crippen LogP contribution in [0.25, 0.3) is 0 Å². The predicted octanol–water partition coefficient (Wildman–Crippen LogP) is 1.44. The molecule has 0 bridgehead atoms. The van der Waals surface area contributed by atoms with E-state index in [2.05, 4.69) is 5.32 Å². The van der Waals surface area contributed by atoms with Crippen molar-refractivity contribution in [2.24, 2.45) is 0 Å². The van der Waals surface area contributed by atoms with E-state index in [-0.39, 0.29) is 11.7 Å². The lowest BCUT2D eigenvalue weighted by molar-refractivity contribution is 0.222. The van der Waals surface area contributed by atoms with Crippen molar-refractivity contribution in [1.82, 2.24) is 5.32 Å². The molecule has 1 fully saturated rings. The zero-order chi connectivity index (χ0) is 10.7. The summed E-state index contributed by atoms with van der Waals surface area (Å²) in [7, 11) is 0. The van der Waals surface area contributed by atoms with E-state index < -0.39 is 5.82 Å². The van der Waals surface area contributed by atoms with Crippen molar-refractivity contribution in [2.75, 3.05) is 13.1 Å². The minimum Gasteiger partial charge on any atom is -0.488 e. The minimum absolute atomic E-state index is 0.0857. The first-order valence-electron chi connectivity index (χ1n) is 4.86. The van der Waals surface area contributed by atoms with Crippen molar-refractivity contribution in [3.8, 4) is 11.8 Å². The number of nitrogens with one attached hydrogen (secondary N) is 1. The molecule has 0 aromatic heterocycles. The van der Waals surface area contributed by atoms with E-state index in [0.29, 0.717) is 5.75 Å². The maximum atomic E-state index is 12.8. The van der Waals surface area contributed by atoms with Crippen molar-refractivity contribution >= 4 is 0 Å². The Hall–Kier alpha value is -1.60. The molecule has 0 aliphatic carbocycles. The topological polar surface area (TPSA) is 45.0 Å². The van der Waals surface area contributed by atoms with Crippen LogP contribution >= 0.6 is 0 Å². The summed E-state index contributed by atoms with van der Waals surface area (Å²) < 4.78 is 18.4. The lowest BCUT2D eigenvalue weighted by atomic mass is 10.2. The van der Waals surface area contributed by atoms with E-state index in [4.69, 9.17) is 10.00 Å². The number of nitrogens with zero attached hydrogens (tertiary/aromatic N) is 1. The summed E-state index contributed by atoms with van der Waals surface area (Å²) in [4.78, 5) is 0.